The molecule has 0 spiro atoms. The number of hydrogen-bond acceptors (Lipinski definition) is 8. The molecule has 1 aliphatic rings. The number of imidazole rings is 1. The molecular formula is C13H14N7O3+. The van der Waals surface area contributed by atoms with Crippen LogP contribution in [-0.4, -0.2) is 43.2 Å². The quantitative estimate of drug-likeness (QED) is 0.336. The van der Waals surface area contributed by atoms with Crippen LogP contribution in [0.15, 0.2) is 23.7 Å². The number of nitrogens with two attached hydrogens (primary N) is 1. The van der Waals surface area contributed by atoms with E-state index in [4.69, 9.17) is 22.4 Å². The Balaban J connectivity index is 2.13. The first-order valence-electron chi connectivity index (χ1n) is 6.66. The fourth-order valence-corrected chi connectivity index (χ4v) is 2.66. The summed E-state index contributed by atoms with van der Waals surface area (Å²) in [6.07, 6.45) is 6.19. The third kappa shape index (κ3) is 2.08. The maximum atomic E-state index is 10.4. The second-order valence-corrected chi connectivity index (χ2v) is 5.07. The Hall–Kier alpha value is -2.83. The fourth-order valence-electron chi connectivity index (χ4n) is 2.66. The van der Waals surface area contributed by atoms with Crippen LogP contribution in [0.3, 0.4) is 0 Å². The van der Waals surface area contributed by atoms with Crippen LogP contribution in [0, 0.1) is 23.8 Å². The van der Waals surface area contributed by atoms with Crippen LogP contribution < -0.4 is 10.6 Å². The van der Waals surface area contributed by atoms with E-state index in [2.05, 4.69) is 25.9 Å². The number of aliphatic hydroxyl groups excluding tert-OH is 2. The Labute approximate surface area is 130 Å². The van der Waals surface area contributed by atoms with Crippen LogP contribution in [0.25, 0.3) is 11.2 Å². The molecule has 0 amide bonds. The molecular weight excluding hydrogens is 302 g/mol. The minimum atomic E-state index is -1.81. The normalized spacial score (nSPS) is 30.0. The van der Waals surface area contributed by atoms with Gasteiger partial charge < -0.3 is 20.7 Å². The molecule has 0 bridgehead atoms. The molecule has 5 N–H and O–H groups in total. The largest absolute Gasteiger partial charge is 0.397 e. The predicted octanol–water partition coefficient (Wildman–Crippen LogP) is -0.608. The molecule has 0 aromatic carbocycles. The molecule has 4 atom stereocenters. The summed E-state index contributed by atoms with van der Waals surface area (Å²) in [6, 6.07) is 1.61. The molecule has 10 nitrogen and oxygen atoms in total. The van der Waals surface area contributed by atoms with Gasteiger partial charge in [-0.05, 0) is 6.07 Å². The number of ether oxygens (including phenoxy) is 1. The average molecular weight is 316 g/mol. The monoisotopic (exact) mass is 316 g/mol. The van der Waals surface area contributed by atoms with Crippen LogP contribution in [0.4, 0.5) is 5.69 Å². The summed E-state index contributed by atoms with van der Waals surface area (Å²) < 4.78 is 7.18. The summed E-state index contributed by atoms with van der Waals surface area (Å²) in [7, 11) is 0. The first-order chi connectivity index (χ1) is 11.1. The van der Waals surface area contributed by atoms with Crippen molar-refractivity contribution in [1.82, 2.24) is 19.4 Å². The molecule has 1 saturated heterocycles. The van der Waals surface area contributed by atoms with Gasteiger partial charge in [0.25, 0.3) is 5.72 Å². The maximum absolute atomic E-state index is 10.4. The van der Waals surface area contributed by atoms with Gasteiger partial charge in [0.2, 0.25) is 4.91 Å². The molecule has 3 heterocycles. The summed E-state index contributed by atoms with van der Waals surface area (Å²) >= 11 is 0. The number of hydrogen-bond donors (Lipinski definition) is 4. The Kier molecular flexibility index (Phi) is 3.55. The minimum absolute atomic E-state index is 0.416. The van der Waals surface area contributed by atoms with Crippen molar-refractivity contribution in [2.45, 2.75) is 18.1 Å². The summed E-state index contributed by atoms with van der Waals surface area (Å²) in [5.41, 5.74) is 12.2. The minimum Gasteiger partial charge on any atom is -0.397 e. The lowest BCUT2D eigenvalue weighted by Gasteiger charge is -2.18. The lowest BCUT2D eigenvalue weighted by molar-refractivity contribution is -0.126. The lowest BCUT2D eigenvalue weighted by atomic mass is 9.97. The molecule has 0 unspecified atom stereocenters. The van der Waals surface area contributed by atoms with Gasteiger partial charge in [-0.25, -0.2) is 9.97 Å². The van der Waals surface area contributed by atoms with Gasteiger partial charge in [-0.2, -0.15) is 0 Å². The Morgan fingerprint density at radius 3 is 3.04 bits per heavy atom. The number of aromatic nitrogens is 3. The second kappa shape index (κ2) is 5.42. The van der Waals surface area contributed by atoms with Crippen LogP contribution in [0.1, 0.15) is 6.23 Å². The van der Waals surface area contributed by atoms with Crippen LogP contribution in [0.5, 0.6) is 0 Å². The van der Waals surface area contributed by atoms with Crippen molar-refractivity contribution in [1.29, 1.82) is 5.53 Å². The molecule has 1 fully saturated rings. The number of nitrogens with one attached hydrogen (secondary N) is 1. The van der Waals surface area contributed by atoms with Gasteiger partial charge in [0.15, 0.2) is 17.0 Å². The van der Waals surface area contributed by atoms with Crippen molar-refractivity contribution < 1.29 is 14.9 Å². The van der Waals surface area contributed by atoms with Crippen molar-refractivity contribution in [3.8, 4) is 12.3 Å². The molecule has 2 aromatic heterocycles. The van der Waals surface area contributed by atoms with E-state index in [0.29, 0.717) is 16.9 Å². The fraction of sp³-hybridized carbons (Fsp3) is 0.385. The van der Waals surface area contributed by atoms with Crippen molar-refractivity contribution in [3.63, 3.8) is 0 Å². The molecule has 0 saturated carbocycles. The SMILES string of the molecule is C#C[C@@H]1[C@H](n2cnc3c(N)ccnc32)O[C@@](CO)(N=[N+]=N)[C@H]1O. The number of aliphatic hydroxyl groups is 2. The molecule has 10 heteroatoms. The number of nitrogens with zero attached hydrogens (tertiary/aromatic N) is 5. The van der Waals surface area contributed by atoms with Crippen molar-refractivity contribution in [3.05, 3.63) is 18.6 Å². The van der Waals surface area contributed by atoms with Crippen molar-refractivity contribution in [2.24, 2.45) is 11.0 Å². The van der Waals surface area contributed by atoms with Gasteiger partial charge in [0.05, 0.1) is 17.9 Å². The Morgan fingerprint density at radius 2 is 2.39 bits per heavy atom. The van der Waals surface area contributed by atoms with E-state index >= 15 is 0 Å². The van der Waals surface area contributed by atoms with Crippen molar-refractivity contribution in [2.75, 3.05) is 12.3 Å². The van der Waals surface area contributed by atoms with E-state index in [1.807, 2.05) is 0 Å². The maximum Gasteiger partial charge on any atom is 0.294 e. The van der Waals surface area contributed by atoms with E-state index in [1.165, 1.54) is 17.1 Å². The number of nitrogen functional groups attached to an aromatic ring is 1. The van der Waals surface area contributed by atoms with E-state index in [9.17, 15) is 10.2 Å². The van der Waals surface area contributed by atoms with Gasteiger partial charge in [-0.3, -0.25) is 4.57 Å². The summed E-state index contributed by atoms with van der Waals surface area (Å²) in [6.45, 7) is -0.687. The third-order valence-electron chi connectivity index (χ3n) is 3.84. The average Bonchev–Trinajstić information content (AvgIpc) is 3.09. The van der Waals surface area contributed by atoms with E-state index in [1.54, 1.807) is 6.07 Å². The predicted molar refractivity (Wildman–Crippen MR) is 77.5 cm³/mol. The highest BCUT2D eigenvalue weighted by molar-refractivity contribution is 5.83. The smallest absolute Gasteiger partial charge is 0.294 e. The van der Waals surface area contributed by atoms with E-state index in [0.717, 1.165) is 0 Å². The van der Waals surface area contributed by atoms with Gasteiger partial charge in [0, 0.05) is 6.20 Å². The van der Waals surface area contributed by atoms with Gasteiger partial charge in [-0.15, -0.1) is 6.42 Å². The first-order valence-corrected chi connectivity index (χ1v) is 6.66. The lowest BCUT2D eigenvalue weighted by Crippen LogP contribution is -2.43. The number of terminal acetylenes is 1. The van der Waals surface area contributed by atoms with Gasteiger partial charge in [-0.1, -0.05) is 5.92 Å². The van der Waals surface area contributed by atoms with Crippen LogP contribution in [0.2, 0.25) is 0 Å². The molecule has 0 aliphatic carbocycles. The standard InChI is InChI=1S/C13H14N7O3/c1-2-7-10(22)13(5-21,18-19-15)23-12(7)20-6-17-9-8(14)3-4-16-11(9)20/h1,3-4,6-7,10,12,15,21-22H,5H2,(H2,14,16)/q+1/t7-,10-,12+,13+/m0/s1. The van der Waals surface area contributed by atoms with Gasteiger partial charge >= 0.3 is 0 Å². The van der Waals surface area contributed by atoms with Crippen LogP contribution in [-0.2, 0) is 4.74 Å². The zero-order valence-corrected chi connectivity index (χ0v) is 11.9. The molecule has 0 radical (unpaired) electrons. The van der Waals surface area contributed by atoms with Crippen molar-refractivity contribution >= 4 is 16.9 Å². The third-order valence-corrected chi connectivity index (χ3v) is 3.84. The highest BCUT2D eigenvalue weighted by Crippen LogP contribution is 2.42. The molecule has 23 heavy (non-hydrogen) atoms. The summed E-state index contributed by atoms with van der Waals surface area (Å²) in [5.74, 6) is 1.57. The Bertz CT molecular complexity index is 838. The number of pyridine rings is 1. The number of anilines is 1. The summed E-state index contributed by atoms with van der Waals surface area (Å²) in [4.78, 5) is 11.2. The number of rotatable bonds is 3. The van der Waals surface area contributed by atoms with E-state index < -0.39 is 30.6 Å². The zero-order chi connectivity index (χ0) is 16.6. The second-order valence-electron chi connectivity index (χ2n) is 5.07. The highest BCUT2D eigenvalue weighted by atomic mass is 16.6. The topological polar surface area (TPSA) is 157 Å². The van der Waals surface area contributed by atoms with Gasteiger partial charge in [0.1, 0.15) is 23.8 Å². The first kappa shape index (κ1) is 15.1. The molecule has 118 valence electrons. The Morgan fingerprint density at radius 1 is 1.61 bits per heavy atom. The molecule has 3 rings (SSSR count). The summed E-state index contributed by atoms with van der Waals surface area (Å²) in [5, 5.41) is 23.4. The zero-order valence-electron chi connectivity index (χ0n) is 11.9. The van der Waals surface area contributed by atoms with Crippen LogP contribution >= 0.6 is 0 Å². The molecule has 1 aliphatic heterocycles. The van der Waals surface area contributed by atoms with E-state index in [-0.39, 0.29) is 0 Å². The molecule has 2 aromatic rings. The highest BCUT2D eigenvalue weighted by Gasteiger charge is 2.59. The number of fused-ring (bicyclic) bond motifs is 1.